The molecule has 0 bridgehead atoms. The first-order valence-corrected chi connectivity index (χ1v) is 8.23. The zero-order valence-corrected chi connectivity index (χ0v) is 14.2. The number of aromatic nitrogens is 1. The van der Waals surface area contributed by atoms with E-state index in [4.69, 9.17) is 16.3 Å². The number of halogens is 2. The maximum absolute atomic E-state index is 13.4. The van der Waals surface area contributed by atoms with Crippen LogP contribution >= 0.6 is 22.9 Å². The average molecular weight is 366 g/mol. The summed E-state index contributed by atoms with van der Waals surface area (Å²) in [5, 5.41) is 5.66. The fourth-order valence-corrected chi connectivity index (χ4v) is 3.37. The molecule has 0 amide bonds. The highest BCUT2D eigenvalue weighted by Crippen LogP contribution is 2.38. The Morgan fingerprint density at radius 2 is 2.29 bits per heavy atom. The van der Waals surface area contributed by atoms with E-state index in [0.29, 0.717) is 22.1 Å². The predicted molar refractivity (Wildman–Crippen MR) is 90.6 cm³/mol. The van der Waals surface area contributed by atoms with E-state index < -0.39 is 23.7 Å². The Morgan fingerprint density at radius 3 is 2.92 bits per heavy atom. The van der Waals surface area contributed by atoms with Gasteiger partial charge >= 0.3 is 5.97 Å². The largest absolute Gasteiger partial charge is 0.468 e. The Kier molecular flexibility index (Phi) is 4.64. The number of nitrogens with one attached hydrogen (secondary N) is 1. The zero-order valence-electron chi connectivity index (χ0n) is 12.6. The SMILES string of the molecule is C=C1NC(c2nccs2)=NC(c2ccc(F)cc2Cl)C1C(=O)OC. The fraction of sp³-hybridized carbons (Fsp3) is 0.188. The highest BCUT2D eigenvalue weighted by Gasteiger charge is 2.38. The fourth-order valence-electron chi connectivity index (χ4n) is 2.50. The van der Waals surface area contributed by atoms with Crippen molar-refractivity contribution in [2.45, 2.75) is 6.04 Å². The molecule has 2 aromatic rings. The van der Waals surface area contributed by atoms with Crippen LogP contribution in [0.15, 0.2) is 47.0 Å². The maximum Gasteiger partial charge on any atom is 0.317 e. The van der Waals surface area contributed by atoms with Gasteiger partial charge in [0.15, 0.2) is 10.8 Å². The molecule has 1 aromatic carbocycles. The molecule has 1 aliphatic heterocycles. The van der Waals surface area contributed by atoms with Crippen LogP contribution in [0.4, 0.5) is 4.39 Å². The van der Waals surface area contributed by atoms with Crippen molar-refractivity contribution in [3.63, 3.8) is 0 Å². The molecule has 2 heterocycles. The smallest absolute Gasteiger partial charge is 0.317 e. The monoisotopic (exact) mass is 365 g/mol. The van der Waals surface area contributed by atoms with Crippen molar-refractivity contribution in [3.05, 3.63) is 63.5 Å². The van der Waals surface area contributed by atoms with Gasteiger partial charge in [0.05, 0.1) is 13.2 Å². The second-order valence-electron chi connectivity index (χ2n) is 5.08. The lowest BCUT2D eigenvalue weighted by Gasteiger charge is -2.30. The zero-order chi connectivity index (χ0) is 17.3. The first-order chi connectivity index (χ1) is 11.5. The van der Waals surface area contributed by atoms with E-state index in [2.05, 4.69) is 21.9 Å². The Bertz CT molecular complexity index is 823. The van der Waals surface area contributed by atoms with Crippen molar-refractivity contribution in [1.29, 1.82) is 0 Å². The summed E-state index contributed by atoms with van der Waals surface area (Å²) in [5.41, 5.74) is 0.942. The van der Waals surface area contributed by atoms with E-state index in [1.165, 1.54) is 36.6 Å². The molecule has 2 atom stereocenters. The van der Waals surface area contributed by atoms with Gasteiger partial charge < -0.3 is 10.1 Å². The van der Waals surface area contributed by atoms with E-state index in [-0.39, 0.29) is 5.02 Å². The second-order valence-corrected chi connectivity index (χ2v) is 6.38. The van der Waals surface area contributed by atoms with Gasteiger partial charge in [-0.3, -0.25) is 9.79 Å². The van der Waals surface area contributed by atoms with Gasteiger partial charge in [-0.05, 0) is 17.7 Å². The quantitative estimate of drug-likeness (QED) is 0.847. The third-order valence-corrected chi connectivity index (χ3v) is 4.72. The molecule has 124 valence electrons. The lowest BCUT2D eigenvalue weighted by Crippen LogP contribution is -2.39. The summed E-state index contributed by atoms with van der Waals surface area (Å²) in [4.78, 5) is 21.0. The minimum absolute atomic E-state index is 0.186. The van der Waals surface area contributed by atoms with Crippen LogP contribution in [0.3, 0.4) is 0 Å². The van der Waals surface area contributed by atoms with Gasteiger partial charge in [-0.1, -0.05) is 24.2 Å². The Balaban J connectivity index is 2.12. The van der Waals surface area contributed by atoms with E-state index >= 15 is 0 Å². The number of esters is 1. The second kappa shape index (κ2) is 6.70. The third-order valence-electron chi connectivity index (χ3n) is 3.61. The maximum atomic E-state index is 13.4. The summed E-state index contributed by atoms with van der Waals surface area (Å²) >= 11 is 7.57. The van der Waals surface area contributed by atoms with Crippen LogP contribution in [0.1, 0.15) is 16.6 Å². The summed E-state index contributed by atoms with van der Waals surface area (Å²) in [6.45, 7) is 3.91. The summed E-state index contributed by atoms with van der Waals surface area (Å²) in [6, 6.07) is 3.30. The van der Waals surface area contributed by atoms with E-state index in [0.717, 1.165) is 0 Å². The number of rotatable bonds is 3. The lowest BCUT2D eigenvalue weighted by molar-refractivity contribution is -0.145. The van der Waals surface area contributed by atoms with Crippen molar-refractivity contribution in [2.24, 2.45) is 10.9 Å². The van der Waals surface area contributed by atoms with Crippen molar-refractivity contribution in [2.75, 3.05) is 7.11 Å². The number of thiazole rings is 1. The molecule has 0 aliphatic carbocycles. The molecular weight excluding hydrogens is 353 g/mol. The van der Waals surface area contributed by atoms with Gasteiger partial charge in [0.25, 0.3) is 0 Å². The van der Waals surface area contributed by atoms with E-state index in [1.54, 1.807) is 6.20 Å². The van der Waals surface area contributed by atoms with Gasteiger partial charge in [0, 0.05) is 22.3 Å². The molecule has 0 fully saturated rings. The molecule has 24 heavy (non-hydrogen) atoms. The lowest BCUT2D eigenvalue weighted by atomic mass is 9.89. The van der Waals surface area contributed by atoms with Crippen LogP contribution in [0.2, 0.25) is 5.02 Å². The summed E-state index contributed by atoms with van der Waals surface area (Å²) in [5.74, 6) is -1.25. The average Bonchev–Trinajstić information content (AvgIpc) is 3.08. The first kappa shape index (κ1) is 16.6. The number of ether oxygens (including phenoxy) is 1. The molecule has 1 aromatic heterocycles. The number of methoxy groups -OCH3 is 1. The molecular formula is C16H13ClFN3O2S. The normalized spacial score (nSPS) is 20.3. The van der Waals surface area contributed by atoms with Crippen LogP contribution in [0, 0.1) is 11.7 Å². The number of hydrogen-bond acceptors (Lipinski definition) is 6. The Hall–Kier alpha value is -2.25. The number of benzene rings is 1. The van der Waals surface area contributed by atoms with Gasteiger partial charge in [-0.25, -0.2) is 9.37 Å². The highest BCUT2D eigenvalue weighted by molar-refractivity contribution is 7.11. The van der Waals surface area contributed by atoms with Crippen molar-refractivity contribution < 1.29 is 13.9 Å². The molecule has 5 nitrogen and oxygen atoms in total. The van der Waals surface area contributed by atoms with Gasteiger partial charge in [0.2, 0.25) is 0 Å². The molecule has 0 spiro atoms. The summed E-state index contributed by atoms with van der Waals surface area (Å²) in [6.07, 6.45) is 1.65. The number of nitrogens with zero attached hydrogens (tertiary/aromatic N) is 2. The number of aliphatic imine (C=N–C) groups is 1. The molecule has 3 rings (SSSR count). The Morgan fingerprint density at radius 1 is 1.50 bits per heavy atom. The van der Waals surface area contributed by atoms with Crippen molar-refractivity contribution in [3.8, 4) is 0 Å². The highest BCUT2D eigenvalue weighted by atomic mass is 35.5. The summed E-state index contributed by atoms with van der Waals surface area (Å²) in [7, 11) is 1.29. The molecule has 1 aliphatic rings. The molecule has 1 N–H and O–H groups in total. The standard InChI is InChI=1S/C16H13ClFN3O2S/c1-8-12(16(22)23-2)13(10-4-3-9(18)7-11(10)17)21-14(20-8)15-19-5-6-24-15/h3-7,12-13H,1H2,2H3,(H,20,21). The van der Waals surface area contributed by atoms with Crippen LogP contribution in [-0.4, -0.2) is 23.9 Å². The molecule has 2 unspecified atom stereocenters. The topological polar surface area (TPSA) is 63.6 Å². The minimum atomic E-state index is -0.776. The summed E-state index contributed by atoms with van der Waals surface area (Å²) < 4.78 is 18.2. The number of hydrogen-bond donors (Lipinski definition) is 1. The van der Waals surface area contributed by atoms with E-state index in [1.807, 2.05) is 5.38 Å². The van der Waals surface area contributed by atoms with Crippen molar-refractivity contribution in [1.82, 2.24) is 10.3 Å². The molecule has 8 heteroatoms. The van der Waals surface area contributed by atoms with Gasteiger partial charge in [-0.15, -0.1) is 11.3 Å². The van der Waals surface area contributed by atoms with Gasteiger partial charge in [-0.2, -0.15) is 0 Å². The number of amidine groups is 1. The van der Waals surface area contributed by atoms with Crippen LogP contribution in [0.5, 0.6) is 0 Å². The van der Waals surface area contributed by atoms with Crippen LogP contribution < -0.4 is 5.32 Å². The number of carbonyl (C=O) groups excluding carboxylic acids is 1. The Labute approximate surface area is 146 Å². The minimum Gasteiger partial charge on any atom is -0.468 e. The molecule has 0 saturated heterocycles. The van der Waals surface area contributed by atoms with E-state index in [9.17, 15) is 9.18 Å². The molecule has 0 radical (unpaired) electrons. The predicted octanol–water partition coefficient (Wildman–Crippen LogP) is 3.33. The van der Waals surface area contributed by atoms with Gasteiger partial charge in [0.1, 0.15) is 11.7 Å². The number of carbonyl (C=O) groups is 1. The molecule has 0 saturated carbocycles. The van der Waals surface area contributed by atoms with Crippen molar-refractivity contribution >= 4 is 34.7 Å². The third kappa shape index (κ3) is 3.05. The first-order valence-electron chi connectivity index (χ1n) is 6.97. The van der Waals surface area contributed by atoms with Crippen LogP contribution in [0.25, 0.3) is 0 Å². The van der Waals surface area contributed by atoms with Crippen LogP contribution in [-0.2, 0) is 9.53 Å².